The second-order valence-corrected chi connectivity index (χ2v) is 2.45. The van der Waals surface area contributed by atoms with Crippen LogP contribution in [0, 0.1) is 11.6 Å². The van der Waals surface area contributed by atoms with Crippen LogP contribution in [0.5, 0.6) is 5.75 Å². The molecule has 5 heteroatoms. The Hall–Kier alpha value is -1.74. The molecule has 3 nitrogen and oxygen atoms in total. The number of aliphatic imine (C=N–C) groups is 1. The van der Waals surface area contributed by atoms with E-state index in [1.165, 1.54) is 19.3 Å². The van der Waals surface area contributed by atoms with E-state index in [1.54, 1.807) is 0 Å². The van der Waals surface area contributed by atoms with Crippen molar-refractivity contribution in [3.05, 3.63) is 29.3 Å². The third-order valence-electron chi connectivity index (χ3n) is 1.67. The molecule has 0 unspecified atom stereocenters. The van der Waals surface area contributed by atoms with Gasteiger partial charge >= 0.3 is 0 Å². The summed E-state index contributed by atoms with van der Waals surface area (Å²) in [5, 5.41) is 0. The van der Waals surface area contributed by atoms with Gasteiger partial charge in [-0.2, -0.15) is 0 Å². The standard InChI is InChI=1S/C9H7F2NO2/c1-14-8-3-2-7(10)6(9(8)11)4-12-5-13/h2-3H,4H2,1H3. The van der Waals surface area contributed by atoms with Crippen molar-refractivity contribution in [3.63, 3.8) is 0 Å². The smallest absolute Gasteiger partial charge is 0.235 e. The van der Waals surface area contributed by atoms with E-state index in [-0.39, 0.29) is 17.9 Å². The number of benzene rings is 1. The van der Waals surface area contributed by atoms with Gasteiger partial charge in [-0.3, -0.25) is 0 Å². The molecule has 0 heterocycles. The van der Waals surface area contributed by atoms with Gasteiger partial charge in [0.1, 0.15) is 5.82 Å². The van der Waals surface area contributed by atoms with E-state index in [4.69, 9.17) is 0 Å². The highest BCUT2D eigenvalue weighted by molar-refractivity contribution is 5.36. The number of isocyanates is 1. The summed E-state index contributed by atoms with van der Waals surface area (Å²) in [6, 6.07) is 2.22. The fourth-order valence-electron chi connectivity index (χ4n) is 0.990. The Labute approximate surface area is 79.0 Å². The van der Waals surface area contributed by atoms with Crippen molar-refractivity contribution in [1.29, 1.82) is 0 Å². The largest absolute Gasteiger partial charge is 0.494 e. The average molecular weight is 199 g/mol. The SMILES string of the molecule is COc1ccc(F)c(CN=C=O)c1F. The predicted molar refractivity (Wildman–Crippen MR) is 44.7 cm³/mol. The van der Waals surface area contributed by atoms with Gasteiger partial charge < -0.3 is 4.74 Å². The van der Waals surface area contributed by atoms with Crippen molar-refractivity contribution in [3.8, 4) is 5.75 Å². The molecular weight excluding hydrogens is 192 g/mol. The summed E-state index contributed by atoms with van der Waals surface area (Å²) >= 11 is 0. The molecule has 1 aromatic carbocycles. The van der Waals surface area contributed by atoms with Crippen molar-refractivity contribution in [2.75, 3.05) is 7.11 Å². The molecule has 0 radical (unpaired) electrons. The van der Waals surface area contributed by atoms with Crippen LogP contribution in [0.25, 0.3) is 0 Å². The van der Waals surface area contributed by atoms with Gasteiger partial charge in [-0.25, -0.2) is 18.6 Å². The Kier molecular flexibility index (Phi) is 3.31. The van der Waals surface area contributed by atoms with E-state index in [9.17, 15) is 13.6 Å². The Morgan fingerprint density at radius 3 is 2.79 bits per heavy atom. The maximum atomic E-state index is 13.3. The zero-order valence-electron chi connectivity index (χ0n) is 7.38. The monoisotopic (exact) mass is 199 g/mol. The third kappa shape index (κ3) is 1.95. The quantitative estimate of drug-likeness (QED) is 0.550. The highest BCUT2D eigenvalue weighted by Gasteiger charge is 2.13. The van der Waals surface area contributed by atoms with E-state index in [2.05, 4.69) is 9.73 Å². The highest BCUT2D eigenvalue weighted by Crippen LogP contribution is 2.23. The Morgan fingerprint density at radius 1 is 1.50 bits per heavy atom. The first-order chi connectivity index (χ1) is 6.70. The van der Waals surface area contributed by atoms with Crippen LogP contribution in [0.3, 0.4) is 0 Å². The summed E-state index contributed by atoms with van der Waals surface area (Å²) in [5.41, 5.74) is -0.298. The molecular formula is C9H7F2NO2. The maximum absolute atomic E-state index is 13.3. The van der Waals surface area contributed by atoms with Gasteiger partial charge in [-0.15, -0.1) is 0 Å². The van der Waals surface area contributed by atoms with E-state index in [1.807, 2.05) is 0 Å². The number of halogens is 2. The molecule has 0 saturated heterocycles. The number of hydrogen-bond acceptors (Lipinski definition) is 3. The maximum Gasteiger partial charge on any atom is 0.235 e. The lowest BCUT2D eigenvalue weighted by Crippen LogP contribution is -1.97. The number of ether oxygens (including phenoxy) is 1. The summed E-state index contributed by atoms with van der Waals surface area (Å²) in [4.78, 5) is 12.9. The van der Waals surface area contributed by atoms with Gasteiger partial charge in [-0.1, -0.05) is 0 Å². The van der Waals surface area contributed by atoms with E-state index >= 15 is 0 Å². The second-order valence-electron chi connectivity index (χ2n) is 2.45. The van der Waals surface area contributed by atoms with E-state index in [0.717, 1.165) is 6.07 Å². The van der Waals surface area contributed by atoms with Crippen molar-refractivity contribution < 1.29 is 18.3 Å². The molecule has 14 heavy (non-hydrogen) atoms. The molecule has 1 aromatic rings. The minimum atomic E-state index is -0.841. The van der Waals surface area contributed by atoms with E-state index in [0.29, 0.717) is 0 Å². The summed E-state index contributed by atoms with van der Waals surface area (Å²) in [7, 11) is 1.27. The molecule has 0 bridgehead atoms. The lowest BCUT2D eigenvalue weighted by atomic mass is 10.2. The normalized spacial score (nSPS) is 9.36. The molecule has 0 aromatic heterocycles. The number of methoxy groups -OCH3 is 1. The van der Waals surface area contributed by atoms with Gasteiger partial charge in [0.05, 0.1) is 13.7 Å². The van der Waals surface area contributed by atoms with Crippen LogP contribution in [-0.4, -0.2) is 13.2 Å². The lowest BCUT2D eigenvalue weighted by molar-refractivity contribution is 0.380. The molecule has 1 rings (SSSR count). The number of rotatable bonds is 3. The molecule has 0 amide bonds. The first kappa shape index (κ1) is 10.3. The molecule has 0 aliphatic carbocycles. The van der Waals surface area contributed by atoms with Gasteiger partial charge in [-0.05, 0) is 12.1 Å². The fourth-order valence-corrected chi connectivity index (χ4v) is 0.990. The molecule has 0 atom stereocenters. The van der Waals surface area contributed by atoms with Crippen LogP contribution in [-0.2, 0) is 11.3 Å². The van der Waals surface area contributed by atoms with Gasteiger partial charge in [0.25, 0.3) is 0 Å². The van der Waals surface area contributed by atoms with Crippen LogP contribution in [0.1, 0.15) is 5.56 Å². The number of carbonyl (C=O) groups excluding carboxylic acids is 1. The lowest BCUT2D eigenvalue weighted by Gasteiger charge is -2.05. The first-order valence-corrected chi connectivity index (χ1v) is 3.75. The Balaban J connectivity index is 3.17. The number of hydrogen-bond donors (Lipinski definition) is 0. The summed E-state index contributed by atoms with van der Waals surface area (Å²) < 4.78 is 30.9. The third-order valence-corrected chi connectivity index (χ3v) is 1.67. The Bertz CT molecular complexity index is 387. The molecule has 0 aliphatic rings. The van der Waals surface area contributed by atoms with Crippen LogP contribution >= 0.6 is 0 Å². The Morgan fingerprint density at radius 2 is 2.21 bits per heavy atom. The van der Waals surface area contributed by atoms with E-state index < -0.39 is 11.6 Å². The fraction of sp³-hybridized carbons (Fsp3) is 0.222. The average Bonchev–Trinajstić information content (AvgIpc) is 2.18. The van der Waals surface area contributed by atoms with Crippen molar-refractivity contribution in [1.82, 2.24) is 0 Å². The van der Waals surface area contributed by atoms with Crippen LogP contribution in [0.4, 0.5) is 8.78 Å². The minimum Gasteiger partial charge on any atom is -0.494 e. The van der Waals surface area contributed by atoms with Crippen LogP contribution in [0.2, 0.25) is 0 Å². The highest BCUT2D eigenvalue weighted by atomic mass is 19.1. The molecule has 0 fully saturated rings. The second kappa shape index (κ2) is 4.48. The first-order valence-electron chi connectivity index (χ1n) is 3.75. The molecule has 0 aliphatic heterocycles. The molecule has 0 N–H and O–H groups in total. The van der Waals surface area contributed by atoms with Gasteiger partial charge in [0.2, 0.25) is 6.08 Å². The molecule has 0 spiro atoms. The van der Waals surface area contributed by atoms with Gasteiger partial charge in [0, 0.05) is 5.56 Å². The van der Waals surface area contributed by atoms with Crippen molar-refractivity contribution in [2.45, 2.75) is 6.54 Å². The number of nitrogens with zero attached hydrogens (tertiary/aromatic N) is 1. The summed E-state index contributed by atoms with van der Waals surface area (Å²) in [5.74, 6) is -1.68. The van der Waals surface area contributed by atoms with Crippen LogP contribution < -0.4 is 4.74 Å². The topological polar surface area (TPSA) is 38.7 Å². The van der Waals surface area contributed by atoms with Crippen LogP contribution in [0.15, 0.2) is 17.1 Å². The summed E-state index contributed by atoms with van der Waals surface area (Å²) in [6.07, 6.45) is 1.21. The van der Waals surface area contributed by atoms with Gasteiger partial charge in [0.15, 0.2) is 11.6 Å². The van der Waals surface area contributed by atoms with Crippen molar-refractivity contribution >= 4 is 6.08 Å². The zero-order valence-corrected chi connectivity index (χ0v) is 7.38. The predicted octanol–water partition coefficient (Wildman–Crippen LogP) is 1.81. The minimum absolute atomic E-state index is 0.0810. The molecule has 0 saturated carbocycles. The summed E-state index contributed by atoms with van der Waals surface area (Å²) in [6.45, 7) is -0.377. The molecule has 74 valence electrons. The van der Waals surface area contributed by atoms with Crippen molar-refractivity contribution in [2.24, 2.45) is 4.99 Å². The zero-order chi connectivity index (χ0) is 10.6.